The van der Waals surface area contributed by atoms with Gasteiger partial charge < -0.3 is 28.4 Å². The van der Waals surface area contributed by atoms with E-state index in [1.54, 1.807) is 0 Å². The van der Waals surface area contributed by atoms with E-state index >= 15 is 0 Å². The Labute approximate surface area is 134 Å². The van der Waals surface area contributed by atoms with Gasteiger partial charge in [0, 0.05) is 0 Å². The first-order valence-electron chi connectivity index (χ1n) is 7.55. The van der Waals surface area contributed by atoms with Crippen molar-refractivity contribution in [2.75, 3.05) is 0 Å². The third-order valence-electron chi connectivity index (χ3n) is 2.32. The van der Waals surface area contributed by atoms with Crippen LogP contribution in [0.4, 0.5) is 0 Å². The minimum Gasteiger partial charge on any atom is -0.451 e. The molecule has 0 amide bonds. The second kappa shape index (κ2) is 7.01. The molecule has 0 unspecified atom stereocenters. The van der Waals surface area contributed by atoms with E-state index in [1.807, 2.05) is 0 Å². The van der Waals surface area contributed by atoms with Gasteiger partial charge in [0.2, 0.25) is 0 Å². The molecular weight excluding hydrogens is 315 g/mol. The zero-order chi connectivity index (χ0) is 16.5. The lowest BCUT2D eigenvalue weighted by Gasteiger charge is -2.38. The normalized spacial score (nSPS) is 18.4. The highest BCUT2D eigenvalue weighted by Gasteiger charge is 2.44. The highest BCUT2D eigenvalue weighted by Crippen LogP contribution is 2.10. The van der Waals surface area contributed by atoms with E-state index in [-0.39, 0.29) is 21.6 Å². The van der Waals surface area contributed by atoms with E-state index in [4.69, 9.17) is 13.0 Å². The molecule has 1 saturated heterocycles. The smallest absolute Gasteiger partial charge is 0.445 e. The molecule has 21 heavy (non-hydrogen) atoms. The molecule has 120 valence electrons. The van der Waals surface area contributed by atoms with Crippen LogP contribution in [0.1, 0.15) is 0 Å². The molecule has 0 radical (unpaired) electrons. The number of hydrogen-bond acceptors (Lipinski definition) is 6. The van der Waals surface area contributed by atoms with Crippen LogP contribution in [0, 0.1) is 0 Å². The van der Waals surface area contributed by atoms with Gasteiger partial charge in [-0.25, -0.2) is 0 Å². The van der Waals surface area contributed by atoms with E-state index < -0.39 is 25.0 Å². The van der Waals surface area contributed by atoms with Crippen LogP contribution in [0.5, 0.6) is 0 Å². The lowest BCUT2D eigenvalue weighted by atomic mass is 9.72. The van der Waals surface area contributed by atoms with Crippen LogP contribution in [-0.2, 0) is 13.0 Å². The summed E-state index contributed by atoms with van der Waals surface area (Å²) in [6.45, 7) is 19.5. The lowest BCUT2D eigenvalue weighted by molar-refractivity contribution is 0.488. The molecule has 1 aliphatic heterocycles. The van der Waals surface area contributed by atoms with Gasteiger partial charge in [-0.3, -0.25) is 0 Å². The Hall–Kier alpha value is 0.605. The largest absolute Gasteiger partial charge is 0.451 e. The van der Waals surface area contributed by atoms with Crippen molar-refractivity contribution in [3.63, 3.8) is 0 Å². The standard InChI is InChI=1S/C9H30B3N3O3Si3/c1-19(2,3)16-10-13-11(17-20(4,5)6)15-12(14-10)18-21(7,8)9/h13-15H,1-9H3. The van der Waals surface area contributed by atoms with Crippen LogP contribution in [0.2, 0.25) is 58.9 Å². The van der Waals surface area contributed by atoms with Gasteiger partial charge in [0.1, 0.15) is 0 Å². The summed E-state index contributed by atoms with van der Waals surface area (Å²) < 4.78 is 18.3. The molecule has 0 aliphatic carbocycles. The van der Waals surface area contributed by atoms with Crippen molar-refractivity contribution in [1.29, 1.82) is 0 Å². The van der Waals surface area contributed by atoms with Crippen LogP contribution in [0.3, 0.4) is 0 Å². The number of rotatable bonds is 6. The van der Waals surface area contributed by atoms with Crippen LogP contribution in [0.25, 0.3) is 0 Å². The van der Waals surface area contributed by atoms with E-state index in [9.17, 15) is 0 Å². The van der Waals surface area contributed by atoms with Crippen molar-refractivity contribution in [2.24, 2.45) is 0 Å². The summed E-state index contributed by atoms with van der Waals surface area (Å²) in [5.41, 5.74) is 0. The molecule has 1 heterocycles. The summed E-state index contributed by atoms with van der Waals surface area (Å²) in [6, 6.07) is 0. The average Bonchev–Trinajstić information content (AvgIpc) is 2.06. The first kappa shape index (κ1) is 19.7. The second-order valence-electron chi connectivity index (χ2n) is 8.33. The monoisotopic (exact) mass is 345 g/mol. The summed E-state index contributed by atoms with van der Waals surface area (Å²) in [7, 11) is -5.74. The van der Waals surface area contributed by atoms with Gasteiger partial charge in [-0.2, -0.15) is 0 Å². The van der Waals surface area contributed by atoms with Gasteiger partial charge in [0.25, 0.3) is 0 Å². The molecule has 1 fully saturated rings. The van der Waals surface area contributed by atoms with E-state index in [0.717, 1.165) is 0 Å². The zero-order valence-corrected chi connectivity index (χ0v) is 18.0. The summed E-state index contributed by atoms with van der Waals surface area (Å²) in [5.74, 6) is 0. The predicted octanol–water partition coefficient (Wildman–Crippen LogP) is 1.28. The minimum absolute atomic E-state index is 0.249. The fourth-order valence-electron chi connectivity index (χ4n) is 1.82. The summed E-state index contributed by atoms with van der Waals surface area (Å²) in [6.07, 6.45) is 0. The number of nitrogens with one attached hydrogen (secondary N) is 3. The van der Waals surface area contributed by atoms with Gasteiger partial charge in [-0.1, -0.05) is 0 Å². The maximum Gasteiger partial charge on any atom is 0.445 e. The Morgan fingerprint density at radius 2 is 0.667 bits per heavy atom. The molecule has 0 spiro atoms. The maximum atomic E-state index is 6.12. The minimum atomic E-state index is -1.66. The predicted molar refractivity (Wildman–Crippen MR) is 100.0 cm³/mol. The lowest BCUT2D eigenvalue weighted by Crippen LogP contribution is -2.79. The Bertz CT molecular complexity index is 291. The van der Waals surface area contributed by atoms with E-state index in [1.165, 1.54) is 0 Å². The summed E-state index contributed by atoms with van der Waals surface area (Å²) in [5, 5.41) is 9.96. The Kier molecular flexibility index (Phi) is 6.56. The molecule has 0 aromatic heterocycles. The third kappa shape index (κ3) is 9.36. The van der Waals surface area contributed by atoms with Gasteiger partial charge in [0.15, 0.2) is 25.0 Å². The van der Waals surface area contributed by atoms with Crippen LogP contribution < -0.4 is 15.4 Å². The summed E-state index contributed by atoms with van der Waals surface area (Å²) in [4.78, 5) is 0. The van der Waals surface area contributed by atoms with Gasteiger partial charge in [-0.05, 0) is 58.9 Å². The van der Waals surface area contributed by atoms with E-state index in [2.05, 4.69) is 74.3 Å². The molecule has 0 atom stereocenters. The molecule has 3 N–H and O–H groups in total. The quantitative estimate of drug-likeness (QED) is 0.631. The fourth-order valence-corrected chi connectivity index (χ4v) is 4.35. The van der Waals surface area contributed by atoms with Crippen molar-refractivity contribution in [1.82, 2.24) is 15.4 Å². The topological polar surface area (TPSA) is 63.8 Å². The highest BCUT2D eigenvalue weighted by atomic mass is 28.4. The van der Waals surface area contributed by atoms with Crippen molar-refractivity contribution < 1.29 is 13.0 Å². The van der Waals surface area contributed by atoms with Crippen LogP contribution >= 0.6 is 0 Å². The molecule has 0 bridgehead atoms. The van der Waals surface area contributed by atoms with Gasteiger partial charge >= 0.3 is 21.6 Å². The zero-order valence-electron chi connectivity index (χ0n) is 15.0. The molecule has 1 rings (SSSR count). The molecular formula is C9H30B3N3O3Si3. The Morgan fingerprint density at radius 1 is 0.476 bits per heavy atom. The molecule has 12 heteroatoms. The molecule has 0 aromatic rings. The van der Waals surface area contributed by atoms with Gasteiger partial charge in [0.05, 0.1) is 0 Å². The van der Waals surface area contributed by atoms with Crippen molar-refractivity contribution in [2.45, 2.75) is 58.9 Å². The van der Waals surface area contributed by atoms with Crippen LogP contribution in [0.15, 0.2) is 0 Å². The molecule has 6 nitrogen and oxygen atoms in total. The fraction of sp³-hybridized carbons (Fsp3) is 1.00. The Morgan fingerprint density at radius 3 is 0.810 bits per heavy atom. The molecule has 1 aliphatic rings. The molecule has 0 saturated carbocycles. The number of hydrogen-bond donors (Lipinski definition) is 3. The summed E-state index contributed by atoms with van der Waals surface area (Å²) >= 11 is 0. The third-order valence-corrected chi connectivity index (χ3v) is 5.15. The van der Waals surface area contributed by atoms with Crippen molar-refractivity contribution in [3.8, 4) is 0 Å². The highest BCUT2D eigenvalue weighted by molar-refractivity contribution is 6.90. The van der Waals surface area contributed by atoms with E-state index in [0.29, 0.717) is 0 Å². The first-order valence-corrected chi connectivity index (χ1v) is 17.8. The average molecular weight is 345 g/mol. The van der Waals surface area contributed by atoms with Crippen LogP contribution in [-0.4, -0.2) is 46.5 Å². The second-order valence-corrected chi connectivity index (χ2v) is 21.7. The van der Waals surface area contributed by atoms with Crippen molar-refractivity contribution >= 4 is 46.5 Å². The van der Waals surface area contributed by atoms with Gasteiger partial charge in [-0.15, -0.1) is 0 Å². The maximum absolute atomic E-state index is 6.12. The molecule has 0 aromatic carbocycles. The Balaban J connectivity index is 2.73. The van der Waals surface area contributed by atoms with Crippen molar-refractivity contribution in [3.05, 3.63) is 0 Å². The SMILES string of the molecule is C[Si](C)(C)OB1NB(O[Si](C)(C)C)NB(O[Si](C)(C)C)N1. The first-order chi connectivity index (χ1) is 9.23.